The van der Waals surface area contributed by atoms with Crippen LogP contribution in [0.1, 0.15) is 12.0 Å². The number of amides is 1. The molecule has 2 rings (SSSR count). The summed E-state index contributed by atoms with van der Waals surface area (Å²) in [5, 5.41) is 1.05. The highest BCUT2D eigenvalue weighted by Crippen LogP contribution is 2.28. The van der Waals surface area contributed by atoms with Gasteiger partial charge in [0.25, 0.3) is 0 Å². The van der Waals surface area contributed by atoms with Gasteiger partial charge in [0, 0.05) is 19.5 Å². The fourth-order valence-electron chi connectivity index (χ4n) is 2.04. The summed E-state index contributed by atoms with van der Waals surface area (Å²) in [5.74, 6) is 0.400. The molecule has 1 aromatic rings. The molecule has 1 unspecified atom stereocenters. The highest BCUT2D eigenvalue weighted by molar-refractivity contribution is 6.42. The molecule has 1 heterocycles. The lowest BCUT2D eigenvalue weighted by atomic mass is 10.1. The third-order valence-corrected chi connectivity index (χ3v) is 3.88. The van der Waals surface area contributed by atoms with Gasteiger partial charge in [-0.2, -0.15) is 0 Å². The number of carbonyl (C=O) groups excluding carboxylic acids is 1. The van der Waals surface area contributed by atoms with Crippen LogP contribution < -0.4 is 5.73 Å². The summed E-state index contributed by atoms with van der Waals surface area (Å²) in [6.45, 7) is 1.76. The summed E-state index contributed by atoms with van der Waals surface area (Å²) in [4.78, 5) is 13.5. The monoisotopic (exact) mass is 272 g/mol. The van der Waals surface area contributed by atoms with Gasteiger partial charge in [0.2, 0.25) is 5.91 Å². The molecule has 0 bridgehead atoms. The van der Waals surface area contributed by atoms with Crippen molar-refractivity contribution in [3.63, 3.8) is 0 Å². The molecule has 92 valence electrons. The molecule has 1 aliphatic rings. The van der Waals surface area contributed by atoms with Crippen molar-refractivity contribution in [1.29, 1.82) is 0 Å². The van der Waals surface area contributed by atoms with E-state index < -0.39 is 0 Å². The van der Waals surface area contributed by atoms with Gasteiger partial charge in [-0.15, -0.1) is 0 Å². The van der Waals surface area contributed by atoms with Crippen LogP contribution in [-0.4, -0.2) is 23.9 Å². The molecule has 1 aliphatic heterocycles. The number of nitrogens with two attached hydrogens (primary N) is 1. The first-order valence-electron chi connectivity index (χ1n) is 5.52. The molecule has 5 heteroatoms. The minimum atomic E-state index is 0.136. The second-order valence-corrected chi connectivity index (χ2v) is 5.08. The molecule has 17 heavy (non-hydrogen) atoms. The third-order valence-electron chi connectivity index (χ3n) is 3.02. The van der Waals surface area contributed by atoms with Crippen molar-refractivity contribution in [2.24, 2.45) is 11.7 Å². The molecule has 3 nitrogen and oxygen atoms in total. The number of hydrogen-bond donors (Lipinski definition) is 1. The fraction of sp³-hybridized carbons (Fsp3) is 0.417. The lowest BCUT2D eigenvalue weighted by Gasteiger charge is -2.17. The van der Waals surface area contributed by atoms with Crippen LogP contribution in [0.25, 0.3) is 0 Å². The fourth-order valence-corrected chi connectivity index (χ4v) is 2.42. The van der Waals surface area contributed by atoms with Gasteiger partial charge in [-0.05, 0) is 24.1 Å². The number of nitrogens with zero attached hydrogens (tertiary/aromatic N) is 1. The van der Waals surface area contributed by atoms with E-state index in [0.717, 1.165) is 5.56 Å². The molecule has 0 saturated carbocycles. The van der Waals surface area contributed by atoms with Crippen LogP contribution in [0.15, 0.2) is 18.2 Å². The normalized spacial score (nSPS) is 20.1. The van der Waals surface area contributed by atoms with Crippen LogP contribution in [0.4, 0.5) is 0 Å². The molecule has 0 spiro atoms. The molecule has 0 aliphatic carbocycles. The molecule has 0 aromatic heterocycles. The van der Waals surface area contributed by atoms with Crippen LogP contribution in [0.5, 0.6) is 0 Å². The Morgan fingerprint density at radius 1 is 1.41 bits per heavy atom. The molecule has 1 fully saturated rings. The summed E-state index contributed by atoms with van der Waals surface area (Å²) in [6, 6.07) is 5.46. The van der Waals surface area contributed by atoms with Gasteiger partial charge in [0.05, 0.1) is 10.0 Å². The largest absolute Gasteiger partial charge is 0.338 e. The van der Waals surface area contributed by atoms with Crippen LogP contribution in [0, 0.1) is 5.92 Å². The van der Waals surface area contributed by atoms with Crippen molar-refractivity contribution in [3.05, 3.63) is 33.8 Å². The zero-order valence-corrected chi connectivity index (χ0v) is 10.8. The second kappa shape index (κ2) is 5.25. The summed E-state index contributed by atoms with van der Waals surface area (Å²) in [5.41, 5.74) is 6.46. The number of rotatable bonds is 3. The number of likely N-dealkylation sites (tertiary alicyclic amines) is 1. The van der Waals surface area contributed by atoms with Crippen molar-refractivity contribution in [2.45, 2.75) is 13.0 Å². The van der Waals surface area contributed by atoms with Crippen molar-refractivity contribution in [3.8, 4) is 0 Å². The molecule has 1 atom stereocenters. The van der Waals surface area contributed by atoms with E-state index in [1.807, 2.05) is 12.1 Å². The Bertz CT molecular complexity index is 437. The quantitative estimate of drug-likeness (QED) is 0.918. The van der Waals surface area contributed by atoms with Crippen molar-refractivity contribution >= 4 is 29.1 Å². The molecule has 1 saturated heterocycles. The molecule has 1 aromatic carbocycles. The first kappa shape index (κ1) is 12.7. The Kier molecular flexibility index (Phi) is 3.92. The summed E-state index contributed by atoms with van der Waals surface area (Å²) >= 11 is 12.0. The van der Waals surface area contributed by atoms with Crippen LogP contribution in [-0.2, 0) is 11.3 Å². The SMILES string of the molecule is NCC1CC(=O)N(Cc2cccc(Cl)c2Cl)C1. The Balaban J connectivity index is 2.11. The van der Waals surface area contributed by atoms with Crippen molar-refractivity contribution in [2.75, 3.05) is 13.1 Å². The van der Waals surface area contributed by atoms with E-state index in [1.54, 1.807) is 11.0 Å². The molecule has 1 amide bonds. The van der Waals surface area contributed by atoms with Gasteiger partial charge >= 0.3 is 0 Å². The minimum absolute atomic E-state index is 0.136. The number of hydrogen-bond acceptors (Lipinski definition) is 2. The number of benzene rings is 1. The van der Waals surface area contributed by atoms with E-state index in [2.05, 4.69) is 0 Å². The highest BCUT2D eigenvalue weighted by atomic mass is 35.5. The van der Waals surface area contributed by atoms with Gasteiger partial charge in [-0.1, -0.05) is 35.3 Å². The van der Waals surface area contributed by atoms with Crippen LogP contribution >= 0.6 is 23.2 Å². The summed E-state index contributed by atoms with van der Waals surface area (Å²) < 4.78 is 0. The topological polar surface area (TPSA) is 46.3 Å². The first-order chi connectivity index (χ1) is 8.11. The van der Waals surface area contributed by atoms with Crippen molar-refractivity contribution in [1.82, 2.24) is 4.90 Å². The smallest absolute Gasteiger partial charge is 0.223 e. The molecule has 2 N–H and O–H groups in total. The minimum Gasteiger partial charge on any atom is -0.338 e. The van der Waals surface area contributed by atoms with Gasteiger partial charge < -0.3 is 10.6 Å². The van der Waals surface area contributed by atoms with Crippen LogP contribution in [0.3, 0.4) is 0 Å². The Morgan fingerprint density at radius 2 is 2.18 bits per heavy atom. The first-order valence-corrected chi connectivity index (χ1v) is 6.28. The van der Waals surface area contributed by atoms with Crippen molar-refractivity contribution < 1.29 is 4.79 Å². The maximum Gasteiger partial charge on any atom is 0.223 e. The summed E-state index contributed by atoms with van der Waals surface area (Å²) in [6.07, 6.45) is 0.536. The highest BCUT2D eigenvalue weighted by Gasteiger charge is 2.28. The van der Waals surface area contributed by atoms with Gasteiger partial charge in [0.15, 0.2) is 0 Å². The van der Waals surface area contributed by atoms with E-state index in [9.17, 15) is 4.79 Å². The zero-order valence-electron chi connectivity index (χ0n) is 9.33. The Labute approximate surface area is 110 Å². The van der Waals surface area contributed by atoms with Gasteiger partial charge in [0.1, 0.15) is 0 Å². The maximum absolute atomic E-state index is 11.7. The second-order valence-electron chi connectivity index (χ2n) is 4.29. The standard InChI is InChI=1S/C12H14Cl2N2O/c13-10-3-1-2-9(12(10)14)7-16-6-8(5-15)4-11(16)17/h1-3,8H,4-7,15H2. The maximum atomic E-state index is 11.7. The predicted molar refractivity (Wildman–Crippen MR) is 69.0 cm³/mol. The van der Waals surface area contributed by atoms with E-state index in [4.69, 9.17) is 28.9 Å². The average Bonchev–Trinajstić information content (AvgIpc) is 2.66. The lowest BCUT2D eigenvalue weighted by Crippen LogP contribution is -2.25. The number of halogens is 2. The van der Waals surface area contributed by atoms with E-state index in [0.29, 0.717) is 36.1 Å². The van der Waals surface area contributed by atoms with Crippen LogP contribution in [0.2, 0.25) is 10.0 Å². The Morgan fingerprint density at radius 3 is 2.82 bits per heavy atom. The van der Waals surface area contributed by atoms with E-state index >= 15 is 0 Å². The number of carbonyl (C=O) groups is 1. The summed E-state index contributed by atoms with van der Waals surface area (Å²) in [7, 11) is 0. The van der Waals surface area contributed by atoms with Gasteiger partial charge in [-0.3, -0.25) is 4.79 Å². The molecular formula is C12H14Cl2N2O. The van der Waals surface area contributed by atoms with Gasteiger partial charge in [-0.25, -0.2) is 0 Å². The predicted octanol–water partition coefficient (Wildman–Crippen LogP) is 2.30. The third kappa shape index (κ3) is 2.73. The zero-order chi connectivity index (χ0) is 12.4. The average molecular weight is 273 g/mol. The van der Waals surface area contributed by atoms with E-state index in [-0.39, 0.29) is 11.8 Å². The van der Waals surface area contributed by atoms with E-state index in [1.165, 1.54) is 0 Å². The lowest BCUT2D eigenvalue weighted by molar-refractivity contribution is -0.128. The Hall–Kier alpha value is -0.770. The molecular weight excluding hydrogens is 259 g/mol. The molecule has 0 radical (unpaired) electrons.